The van der Waals surface area contributed by atoms with Gasteiger partial charge in [0.2, 0.25) is 16.0 Å². The number of likely N-dealkylation sites (N-methyl/N-ethyl adjacent to an activating group) is 1. The molecule has 0 bridgehead atoms. The Bertz CT molecular complexity index is 1100. The molecule has 2 aromatic heterocycles. The maximum absolute atomic E-state index is 12.7. The van der Waals surface area contributed by atoms with Gasteiger partial charge in [-0.3, -0.25) is 4.79 Å². The first-order valence-corrected chi connectivity index (χ1v) is 13.3. The topological polar surface area (TPSA) is 74.6 Å². The predicted octanol–water partition coefficient (Wildman–Crippen LogP) is 5.51. The Balaban J connectivity index is 1.55. The normalized spacial score (nSPS) is 15.3. The zero-order valence-corrected chi connectivity index (χ0v) is 22.0. The minimum absolute atomic E-state index is 0.0620. The first kappa shape index (κ1) is 24.5. The highest BCUT2D eigenvalue weighted by Crippen LogP contribution is 2.34. The Labute approximate surface area is 207 Å². The van der Waals surface area contributed by atoms with Crippen LogP contribution >= 0.6 is 11.3 Å². The number of imidazole rings is 1. The van der Waals surface area contributed by atoms with Crippen LogP contribution < -0.4 is 15.5 Å². The third kappa shape index (κ3) is 5.90. The molecule has 4 rings (SSSR count). The van der Waals surface area contributed by atoms with Gasteiger partial charge in [0.05, 0.1) is 6.54 Å². The summed E-state index contributed by atoms with van der Waals surface area (Å²) in [6.45, 7) is 8.85. The lowest BCUT2D eigenvalue weighted by molar-refractivity contribution is -0.120. The molecule has 0 spiro atoms. The lowest BCUT2D eigenvalue weighted by atomic mass is 10.1. The van der Waals surface area contributed by atoms with Crippen molar-refractivity contribution in [3.63, 3.8) is 0 Å². The Morgan fingerprint density at radius 1 is 1.15 bits per heavy atom. The second kappa shape index (κ2) is 10.3. The molecule has 1 aliphatic rings. The molecule has 2 heterocycles. The average molecular weight is 483 g/mol. The lowest BCUT2D eigenvalue weighted by Crippen LogP contribution is -2.41. The van der Waals surface area contributed by atoms with Gasteiger partial charge in [0.25, 0.3) is 0 Å². The van der Waals surface area contributed by atoms with Crippen molar-refractivity contribution in [2.45, 2.75) is 84.2 Å². The van der Waals surface area contributed by atoms with E-state index in [9.17, 15) is 4.79 Å². The van der Waals surface area contributed by atoms with Crippen LogP contribution in [0.25, 0.3) is 16.2 Å². The summed E-state index contributed by atoms with van der Waals surface area (Å²) in [7, 11) is 1.92. The van der Waals surface area contributed by atoms with Crippen molar-refractivity contribution in [2.24, 2.45) is 0 Å². The van der Waals surface area contributed by atoms with Crippen molar-refractivity contribution in [1.29, 1.82) is 0 Å². The van der Waals surface area contributed by atoms with Crippen LogP contribution in [0.5, 0.6) is 0 Å². The van der Waals surface area contributed by atoms with Crippen LogP contribution in [-0.4, -0.2) is 45.7 Å². The fraction of sp³-hybridized carbons (Fsp3) is 0.577. The van der Waals surface area contributed by atoms with Crippen molar-refractivity contribution < 1.29 is 4.79 Å². The monoisotopic (exact) mass is 482 g/mol. The highest BCUT2D eigenvalue weighted by atomic mass is 32.1. The molecule has 1 fully saturated rings. The highest BCUT2D eigenvalue weighted by Gasteiger charge is 2.24. The molecule has 1 saturated carbocycles. The van der Waals surface area contributed by atoms with Crippen molar-refractivity contribution in [3.8, 4) is 11.3 Å². The van der Waals surface area contributed by atoms with E-state index in [2.05, 4.69) is 62.6 Å². The molecule has 2 N–H and O–H groups in total. The third-order valence-corrected chi connectivity index (χ3v) is 7.27. The number of nitrogens with one attached hydrogen (secondary N) is 2. The van der Waals surface area contributed by atoms with Crippen LogP contribution in [0.15, 0.2) is 24.3 Å². The summed E-state index contributed by atoms with van der Waals surface area (Å²) in [5.74, 6) is 0.942. The van der Waals surface area contributed by atoms with Gasteiger partial charge in [-0.15, -0.1) is 5.10 Å². The van der Waals surface area contributed by atoms with Crippen LogP contribution in [-0.2, 0) is 11.2 Å². The van der Waals surface area contributed by atoms with Crippen molar-refractivity contribution in [2.75, 3.05) is 23.8 Å². The van der Waals surface area contributed by atoms with Gasteiger partial charge in [-0.25, -0.2) is 4.98 Å². The van der Waals surface area contributed by atoms with Crippen LogP contribution in [0.4, 0.5) is 10.9 Å². The summed E-state index contributed by atoms with van der Waals surface area (Å²) in [5, 5.41) is 12.5. The molecule has 1 amide bonds. The van der Waals surface area contributed by atoms with Crippen LogP contribution in [0.2, 0.25) is 0 Å². The molecule has 0 aliphatic heterocycles. The molecule has 1 aromatic carbocycles. The quantitative estimate of drug-likeness (QED) is 0.435. The van der Waals surface area contributed by atoms with E-state index in [4.69, 9.17) is 10.1 Å². The van der Waals surface area contributed by atoms with Crippen molar-refractivity contribution in [1.82, 2.24) is 19.9 Å². The lowest BCUT2D eigenvalue weighted by Gasteiger charge is -2.22. The van der Waals surface area contributed by atoms with Crippen LogP contribution in [0.3, 0.4) is 0 Å². The van der Waals surface area contributed by atoms with Crippen molar-refractivity contribution in [3.05, 3.63) is 29.8 Å². The molecule has 0 unspecified atom stereocenters. The third-order valence-electron chi connectivity index (χ3n) is 6.25. The van der Waals surface area contributed by atoms with E-state index in [1.807, 2.05) is 16.5 Å². The smallest absolute Gasteiger partial charge is 0.239 e. The van der Waals surface area contributed by atoms with Gasteiger partial charge < -0.3 is 15.5 Å². The zero-order valence-electron chi connectivity index (χ0n) is 21.1. The first-order valence-electron chi connectivity index (χ1n) is 12.5. The first-order chi connectivity index (χ1) is 16.2. The second-order valence-electron chi connectivity index (χ2n) is 10.4. The van der Waals surface area contributed by atoms with Crippen LogP contribution in [0.1, 0.15) is 71.8 Å². The number of amides is 1. The Kier molecular flexibility index (Phi) is 7.45. The van der Waals surface area contributed by atoms with E-state index in [0.717, 1.165) is 46.4 Å². The molecule has 0 atom stereocenters. The number of anilines is 2. The summed E-state index contributed by atoms with van der Waals surface area (Å²) in [6.07, 6.45) is 8.16. The second-order valence-corrected chi connectivity index (χ2v) is 11.4. The minimum Gasteiger partial charge on any atom is -0.364 e. The molecular formula is C26H38N6OS. The van der Waals surface area contributed by atoms with Gasteiger partial charge >= 0.3 is 0 Å². The molecule has 184 valence electrons. The fourth-order valence-corrected chi connectivity index (χ4v) is 5.30. The molecule has 0 saturated heterocycles. The number of hydrogen-bond acceptors (Lipinski definition) is 6. The largest absolute Gasteiger partial charge is 0.364 e. The Hall–Kier alpha value is -2.61. The summed E-state index contributed by atoms with van der Waals surface area (Å²) in [5.41, 5.74) is 3.12. The minimum atomic E-state index is -0.150. The molecule has 3 aromatic rings. The van der Waals surface area contributed by atoms with E-state index in [1.54, 1.807) is 0 Å². The Morgan fingerprint density at radius 2 is 1.82 bits per heavy atom. The highest BCUT2D eigenvalue weighted by molar-refractivity contribution is 7.20. The van der Waals surface area contributed by atoms with Gasteiger partial charge in [0, 0.05) is 24.2 Å². The standard InChI is InChI=1S/C26H38N6OS/c1-6-18-13-15-19(16-14-18)22-23(29-26(2,3)4)32-24(28-22)34-25(30-32)31(5)17-21(33)27-20-11-9-7-8-10-12-20/h13-16,20,29H,6-12,17H2,1-5H3,(H,27,33). The fourth-order valence-electron chi connectivity index (χ4n) is 4.44. The van der Waals surface area contributed by atoms with E-state index in [1.165, 1.54) is 42.6 Å². The summed E-state index contributed by atoms with van der Waals surface area (Å²) < 4.78 is 1.88. The van der Waals surface area contributed by atoms with Gasteiger partial charge in [-0.05, 0) is 45.6 Å². The van der Waals surface area contributed by atoms with E-state index >= 15 is 0 Å². The van der Waals surface area contributed by atoms with Gasteiger partial charge in [-0.1, -0.05) is 68.2 Å². The number of fused-ring (bicyclic) bond motifs is 1. The number of aromatic nitrogens is 3. The number of hydrogen-bond donors (Lipinski definition) is 2. The zero-order chi connectivity index (χ0) is 24.3. The van der Waals surface area contributed by atoms with Gasteiger partial charge in [0.15, 0.2) is 5.82 Å². The maximum Gasteiger partial charge on any atom is 0.239 e. The predicted molar refractivity (Wildman–Crippen MR) is 142 cm³/mol. The molecule has 1 aliphatic carbocycles. The number of carbonyl (C=O) groups is 1. The van der Waals surface area contributed by atoms with Gasteiger partial charge in [-0.2, -0.15) is 4.52 Å². The van der Waals surface area contributed by atoms with Crippen LogP contribution in [0, 0.1) is 0 Å². The molecule has 7 nitrogen and oxygen atoms in total. The number of rotatable bonds is 7. The van der Waals surface area contributed by atoms with E-state index in [0.29, 0.717) is 12.6 Å². The summed E-state index contributed by atoms with van der Waals surface area (Å²) >= 11 is 1.51. The van der Waals surface area contributed by atoms with E-state index in [-0.39, 0.29) is 11.4 Å². The molecule has 0 radical (unpaired) electrons. The van der Waals surface area contributed by atoms with E-state index < -0.39 is 0 Å². The van der Waals surface area contributed by atoms with Crippen molar-refractivity contribution >= 4 is 33.2 Å². The molecule has 34 heavy (non-hydrogen) atoms. The molecule has 8 heteroatoms. The summed E-state index contributed by atoms with van der Waals surface area (Å²) in [4.78, 5) is 20.4. The molecular weight excluding hydrogens is 444 g/mol. The Morgan fingerprint density at radius 3 is 2.44 bits per heavy atom. The number of aryl methyl sites for hydroxylation is 1. The number of benzene rings is 1. The number of carbonyl (C=O) groups excluding carboxylic acids is 1. The number of nitrogens with zero attached hydrogens (tertiary/aromatic N) is 4. The average Bonchev–Trinajstić information content (AvgIpc) is 3.23. The summed E-state index contributed by atoms with van der Waals surface area (Å²) in [6, 6.07) is 8.88. The SMILES string of the molecule is CCc1ccc(-c2nc3sc(N(C)CC(=O)NC4CCCCCC4)nn3c2NC(C)(C)C)cc1. The maximum atomic E-state index is 12.7. The van der Waals surface area contributed by atoms with Gasteiger partial charge in [0.1, 0.15) is 5.69 Å².